The minimum atomic E-state index is -0.160. The van der Waals surface area contributed by atoms with Gasteiger partial charge >= 0.3 is 0 Å². The van der Waals surface area contributed by atoms with Gasteiger partial charge in [-0.25, -0.2) is 0 Å². The molecule has 1 aromatic heterocycles. The van der Waals surface area contributed by atoms with Crippen LogP contribution in [0.3, 0.4) is 0 Å². The first kappa shape index (κ1) is 29.5. The first-order chi connectivity index (χ1) is 24.3. The lowest BCUT2D eigenvalue weighted by molar-refractivity contribution is 0.656. The van der Waals surface area contributed by atoms with Crippen molar-refractivity contribution in [3.05, 3.63) is 174 Å². The fraction of sp³-hybridized carbons (Fsp3) is 0.125. The second kappa shape index (κ2) is 10.5. The second-order valence-corrected chi connectivity index (χ2v) is 16.0. The Labute approximate surface area is 298 Å². The number of fused-ring (bicyclic) bond motifs is 9. The Kier molecular flexibility index (Phi) is 6.21. The molecular weight excluding hydrogens is 623 g/mol. The van der Waals surface area contributed by atoms with Crippen LogP contribution >= 0.6 is 11.3 Å². The maximum Gasteiger partial charge on any atom is 0.0508 e. The summed E-state index contributed by atoms with van der Waals surface area (Å²) in [5.41, 5.74) is 16.7. The summed E-state index contributed by atoms with van der Waals surface area (Å²) < 4.78 is 2.67. The standard InChI is InChI=1S/C48H37NS/c1-47(2)38-20-8-5-14-33(38)35-18-11-22-40(45(35)47)49(41-23-12-19-36-34-15-6-9-21-39(34)48(3,4)46(36)41)31-28-26-30(27-29-31)32-17-13-25-43-44(32)37-16-7-10-24-42(37)50-43/h5-29H,1-4H3. The van der Waals surface area contributed by atoms with Crippen molar-refractivity contribution >= 4 is 48.6 Å². The minimum absolute atomic E-state index is 0.160. The molecule has 0 spiro atoms. The number of nitrogens with zero attached hydrogens (tertiary/aromatic N) is 1. The van der Waals surface area contributed by atoms with Gasteiger partial charge in [-0.15, -0.1) is 11.3 Å². The molecule has 0 saturated heterocycles. The lowest BCUT2D eigenvalue weighted by Crippen LogP contribution is -2.23. The van der Waals surface area contributed by atoms with Gasteiger partial charge in [0, 0.05) is 36.7 Å². The minimum Gasteiger partial charge on any atom is -0.310 e. The summed E-state index contributed by atoms with van der Waals surface area (Å²) in [5, 5.41) is 2.68. The van der Waals surface area contributed by atoms with Gasteiger partial charge in [-0.3, -0.25) is 0 Å². The van der Waals surface area contributed by atoms with Crippen LogP contribution in [0.1, 0.15) is 49.9 Å². The summed E-state index contributed by atoms with van der Waals surface area (Å²) >= 11 is 1.88. The first-order valence-electron chi connectivity index (χ1n) is 17.6. The number of hydrogen-bond acceptors (Lipinski definition) is 2. The third kappa shape index (κ3) is 4.00. The van der Waals surface area contributed by atoms with Crippen LogP contribution in [0, 0.1) is 0 Å². The van der Waals surface area contributed by atoms with Crippen molar-refractivity contribution < 1.29 is 0 Å². The van der Waals surface area contributed by atoms with Crippen molar-refractivity contribution in [3.8, 4) is 33.4 Å². The molecule has 0 N–H and O–H groups in total. The van der Waals surface area contributed by atoms with E-state index in [0.29, 0.717) is 0 Å². The van der Waals surface area contributed by atoms with Crippen LogP contribution in [0.25, 0.3) is 53.6 Å². The molecule has 7 aromatic carbocycles. The van der Waals surface area contributed by atoms with Crippen molar-refractivity contribution in [2.75, 3.05) is 4.90 Å². The van der Waals surface area contributed by atoms with Crippen LogP contribution < -0.4 is 4.90 Å². The predicted octanol–water partition coefficient (Wildman–Crippen LogP) is 13.8. The highest BCUT2D eigenvalue weighted by Gasteiger charge is 2.42. The van der Waals surface area contributed by atoms with E-state index in [1.54, 1.807) is 0 Å². The van der Waals surface area contributed by atoms with Gasteiger partial charge in [0.05, 0.1) is 11.4 Å². The molecule has 0 fully saturated rings. The molecule has 0 amide bonds. The molecule has 0 aliphatic heterocycles. The smallest absolute Gasteiger partial charge is 0.0508 e. The van der Waals surface area contributed by atoms with Gasteiger partial charge in [-0.2, -0.15) is 0 Å². The molecule has 10 rings (SSSR count). The molecule has 0 unspecified atom stereocenters. The Balaban J connectivity index is 1.21. The number of hydrogen-bond donors (Lipinski definition) is 0. The average Bonchev–Trinajstić information content (AvgIpc) is 3.73. The molecule has 0 atom stereocenters. The van der Waals surface area contributed by atoms with Crippen LogP contribution in [-0.4, -0.2) is 0 Å². The fourth-order valence-electron chi connectivity index (χ4n) is 9.22. The topological polar surface area (TPSA) is 3.24 Å². The summed E-state index contributed by atoms with van der Waals surface area (Å²) in [6.45, 7) is 9.57. The van der Waals surface area contributed by atoms with Crippen LogP contribution in [0.5, 0.6) is 0 Å². The van der Waals surface area contributed by atoms with Gasteiger partial charge < -0.3 is 4.90 Å². The fourth-order valence-corrected chi connectivity index (χ4v) is 10.4. The summed E-state index contributed by atoms with van der Waals surface area (Å²) in [4.78, 5) is 2.56. The van der Waals surface area contributed by atoms with Crippen molar-refractivity contribution in [1.82, 2.24) is 0 Å². The highest BCUT2D eigenvalue weighted by Crippen LogP contribution is 2.58. The number of benzene rings is 7. The van der Waals surface area contributed by atoms with Crippen molar-refractivity contribution in [2.24, 2.45) is 0 Å². The maximum absolute atomic E-state index is 2.56. The van der Waals surface area contributed by atoms with E-state index >= 15 is 0 Å². The number of thiophene rings is 1. The van der Waals surface area contributed by atoms with Crippen LogP contribution in [0.15, 0.2) is 152 Å². The molecular formula is C48H37NS. The van der Waals surface area contributed by atoms with Gasteiger partial charge in [-0.05, 0) is 92.0 Å². The maximum atomic E-state index is 2.56. The van der Waals surface area contributed by atoms with Gasteiger partial charge in [0.15, 0.2) is 0 Å². The van der Waals surface area contributed by atoms with Crippen LogP contribution in [-0.2, 0) is 10.8 Å². The van der Waals surface area contributed by atoms with E-state index in [1.807, 2.05) is 11.3 Å². The first-order valence-corrected chi connectivity index (χ1v) is 18.4. The highest BCUT2D eigenvalue weighted by molar-refractivity contribution is 7.25. The van der Waals surface area contributed by atoms with E-state index < -0.39 is 0 Å². The lowest BCUT2D eigenvalue weighted by atomic mass is 9.80. The quantitative estimate of drug-likeness (QED) is 0.182. The van der Waals surface area contributed by atoms with E-state index in [0.717, 1.165) is 5.69 Å². The molecule has 50 heavy (non-hydrogen) atoms. The van der Waals surface area contributed by atoms with E-state index in [9.17, 15) is 0 Å². The SMILES string of the molecule is CC1(C)c2ccccc2-c2cccc(N(c3ccc(-c4cccc5sc6ccccc6c45)cc3)c3cccc4c3C(C)(C)c3ccccc3-4)c21. The molecule has 2 aliphatic rings. The highest BCUT2D eigenvalue weighted by atomic mass is 32.1. The predicted molar refractivity (Wildman–Crippen MR) is 215 cm³/mol. The Morgan fingerprint density at radius 3 is 1.52 bits per heavy atom. The van der Waals surface area contributed by atoms with Crippen molar-refractivity contribution in [3.63, 3.8) is 0 Å². The molecule has 0 radical (unpaired) electrons. The largest absolute Gasteiger partial charge is 0.310 e. The zero-order chi connectivity index (χ0) is 33.8. The second-order valence-electron chi connectivity index (χ2n) is 14.9. The van der Waals surface area contributed by atoms with E-state index in [4.69, 9.17) is 0 Å². The molecule has 0 bridgehead atoms. The van der Waals surface area contributed by atoms with Gasteiger partial charge in [0.1, 0.15) is 0 Å². The van der Waals surface area contributed by atoms with Gasteiger partial charge in [0.25, 0.3) is 0 Å². The summed E-state index contributed by atoms with van der Waals surface area (Å²) in [7, 11) is 0. The normalized spacial score (nSPS) is 14.7. The third-order valence-electron chi connectivity index (χ3n) is 11.4. The van der Waals surface area contributed by atoms with Crippen molar-refractivity contribution in [2.45, 2.75) is 38.5 Å². The van der Waals surface area contributed by atoms with E-state index in [1.165, 1.54) is 87.2 Å². The summed E-state index contributed by atoms with van der Waals surface area (Å²) in [6.07, 6.45) is 0. The van der Waals surface area contributed by atoms with Crippen LogP contribution in [0.2, 0.25) is 0 Å². The molecule has 2 heteroatoms. The van der Waals surface area contributed by atoms with E-state index in [-0.39, 0.29) is 10.8 Å². The Morgan fingerprint density at radius 2 is 0.900 bits per heavy atom. The summed E-state index contributed by atoms with van der Waals surface area (Å²) in [5.74, 6) is 0. The molecule has 1 nitrogen and oxygen atoms in total. The Bertz CT molecular complexity index is 2550. The van der Waals surface area contributed by atoms with Crippen LogP contribution in [0.4, 0.5) is 17.1 Å². The summed E-state index contributed by atoms with van der Waals surface area (Å²) in [6, 6.07) is 56.6. The average molecular weight is 660 g/mol. The zero-order valence-corrected chi connectivity index (χ0v) is 29.6. The van der Waals surface area contributed by atoms with Gasteiger partial charge in [0.2, 0.25) is 0 Å². The third-order valence-corrected chi connectivity index (χ3v) is 12.6. The van der Waals surface area contributed by atoms with E-state index in [2.05, 4.69) is 184 Å². The Hall–Kier alpha value is -5.44. The lowest BCUT2D eigenvalue weighted by Gasteiger charge is -2.35. The number of anilines is 3. The molecule has 8 aromatic rings. The Morgan fingerprint density at radius 1 is 0.420 bits per heavy atom. The molecule has 1 heterocycles. The molecule has 240 valence electrons. The van der Waals surface area contributed by atoms with Crippen molar-refractivity contribution in [1.29, 1.82) is 0 Å². The molecule has 0 saturated carbocycles. The monoisotopic (exact) mass is 659 g/mol. The zero-order valence-electron chi connectivity index (χ0n) is 28.8. The number of rotatable bonds is 4. The van der Waals surface area contributed by atoms with Gasteiger partial charge in [-0.1, -0.05) is 143 Å². The molecule has 2 aliphatic carbocycles.